The van der Waals surface area contributed by atoms with Crippen LogP contribution in [-0.4, -0.2) is 33.8 Å². The quantitative estimate of drug-likeness (QED) is 0.704. The molecule has 5 nitrogen and oxygen atoms in total. The van der Waals surface area contributed by atoms with Crippen LogP contribution in [0.25, 0.3) is 0 Å². The van der Waals surface area contributed by atoms with Gasteiger partial charge in [-0.3, -0.25) is 4.79 Å². The van der Waals surface area contributed by atoms with Crippen LogP contribution in [0.5, 0.6) is 0 Å². The Hall–Kier alpha value is -1.46. The number of hydrogen-bond acceptors (Lipinski definition) is 4. The summed E-state index contributed by atoms with van der Waals surface area (Å²) in [6.07, 6.45) is 2.04. The largest absolute Gasteiger partial charge is 0.394 e. The molecule has 18 heavy (non-hydrogen) atoms. The number of amides is 1. The van der Waals surface area contributed by atoms with Gasteiger partial charge in [-0.15, -0.1) is 0 Å². The Bertz CT molecular complexity index is 394. The highest BCUT2D eigenvalue weighted by Gasteiger charge is 2.08. The minimum Gasteiger partial charge on any atom is -0.394 e. The molecule has 0 unspecified atom stereocenters. The summed E-state index contributed by atoms with van der Waals surface area (Å²) in [5, 5.41) is 20.7. The first kappa shape index (κ1) is 14.6. The van der Waals surface area contributed by atoms with Gasteiger partial charge in [0.15, 0.2) is 0 Å². The number of nitrogens with zero attached hydrogens (tertiary/aromatic N) is 1. The zero-order valence-electron chi connectivity index (χ0n) is 10.8. The van der Waals surface area contributed by atoms with Crippen LogP contribution < -0.4 is 5.32 Å². The molecule has 0 aliphatic carbocycles. The highest BCUT2D eigenvalue weighted by Crippen LogP contribution is 2.11. The Morgan fingerprint density at radius 1 is 1.50 bits per heavy atom. The van der Waals surface area contributed by atoms with Gasteiger partial charge in [-0.1, -0.05) is 13.8 Å². The van der Waals surface area contributed by atoms with Crippen LogP contribution in [0.15, 0.2) is 18.3 Å². The second kappa shape index (κ2) is 7.08. The number of nitrogens with one attached hydrogen (secondary N) is 1. The Labute approximate surface area is 107 Å². The molecule has 1 aromatic rings. The highest BCUT2D eigenvalue weighted by atomic mass is 16.3. The molecule has 1 heterocycles. The van der Waals surface area contributed by atoms with Crippen LogP contribution in [0.4, 0.5) is 5.82 Å². The molecule has 0 aliphatic rings. The first-order valence-corrected chi connectivity index (χ1v) is 6.07. The van der Waals surface area contributed by atoms with E-state index in [9.17, 15) is 9.90 Å². The van der Waals surface area contributed by atoms with Gasteiger partial charge >= 0.3 is 0 Å². The van der Waals surface area contributed by atoms with Crippen molar-refractivity contribution < 1.29 is 15.0 Å². The summed E-state index contributed by atoms with van der Waals surface area (Å²) in [5.41, 5.74) is 0.969. The Balaban J connectivity index is 2.59. The lowest BCUT2D eigenvalue weighted by Crippen LogP contribution is -2.18. The fourth-order valence-corrected chi connectivity index (χ4v) is 1.39. The molecular formula is C13H20N2O3. The molecule has 1 aromatic heterocycles. The van der Waals surface area contributed by atoms with Crippen molar-refractivity contribution in [2.45, 2.75) is 32.8 Å². The third-order valence-corrected chi connectivity index (χ3v) is 2.58. The predicted octanol–water partition coefficient (Wildman–Crippen LogP) is 0.962. The summed E-state index contributed by atoms with van der Waals surface area (Å²) in [6.45, 7) is 3.40. The van der Waals surface area contributed by atoms with Gasteiger partial charge in [0.05, 0.1) is 12.7 Å². The average molecular weight is 252 g/mol. The van der Waals surface area contributed by atoms with E-state index in [0.29, 0.717) is 18.7 Å². The first-order chi connectivity index (χ1) is 8.52. The molecule has 0 radical (unpaired) electrons. The molecule has 5 heteroatoms. The number of rotatable bonds is 6. The number of aliphatic hydroxyl groups is 2. The topological polar surface area (TPSA) is 82.5 Å². The van der Waals surface area contributed by atoms with E-state index in [-0.39, 0.29) is 18.4 Å². The fraction of sp³-hybridized carbons (Fsp3) is 0.538. The van der Waals surface area contributed by atoms with E-state index in [0.717, 1.165) is 5.56 Å². The number of aryl methyl sites for hydroxylation is 1. The van der Waals surface area contributed by atoms with Crippen LogP contribution in [-0.2, 0) is 11.2 Å². The van der Waals surface area contributed by atoms with Crippen LogP contribution in [0.3, 0.4) is 0 Å². The second-order valence-electron chi connectivity index (χ2n) is 4.57. The lowest BCUT2D eigenvalue weighted by molar-refractivity contribution is -0.118. The number of hydrogen-bond donors (Lipinski definition) is 3. The number of anilines is 1. The van der Waals surface area contributed by atoms with E-state index in [2.05, 4.69) is 10.3 Å². The Morgan fingerprint density at radius 3 is 2.83 bits per heavy atom. The van der Waals surface area contributed by atoms with Crippen molar-refractivity contribution in [3.05, 3.63) is 23.9 Å². The molecule has 1 rings (SSSR count). The first-order valence-electron chi connectivity index (χ1n) is 6.07. The van der Waals surface area contributed by atoms with E-state index < -0.39 is 6.10 Å². The van der Waals surface area contributed by atoms with Crippen molar-refractivity contribution in [3.8, 4) is 0 Å². The standard InChI is InChI=1S/C13H20N2O3/c1-9(2)13(18)15-12-7-10(5-6-14-12)3-4-11(17)8-16/h5-7,9,11,16-17H,3-4,8H2,1-2H3,(H,14,15,18)/t11-/m1/s1. The molecule has 1 amide bonds. The van der Waals surface area contributed by atoms with Crippen LogP contribution in [0, 0.1) is 5.92 Å². The van der Waals surface area contributed by atoms with Crippen LogP contribution in [0.2, 0.25) is 0 Å². The zero-order valence-corrected chi connectivity index (χ0v) is 10.8. The molecule has 100 valence electrons. The fourth-order valence-electron chi connectivity index (χ4n) is 1.39. The number of pyridine rings is 1. The lowest BCUT2D eigenvalue weighted by atomic mass is 10.1. The van der Waals surface area contributed by atoms with Gasteiger partial charge in [-0.2, -0.15) is 0 Å². The van der Waals surface area contributed by atoms with Gasteiger partial charge in [-0.05, 0) is 30.5 Å². The normalized spacial score (nSPS) is 12.5. The maximum atomic E-state index is 11.5. The molecule has 1 atom stereocenters. The predicted molar refractivity (Wildman–Crippen MR) is 69.1 cm³/mol. The summed E-state index contributed by atoms with van der Waals surface area (Å²) >= 11 is 0. The monoisotopic (exact) mass is 252 g/mol. The third-order valence-electron chi connectivity index (χ3n) is 2.58. The number of carbonyl (C=O) groups is 1. The minimum atomic E-state index is -0.702. The van der Waals surface area contributed by atoms with E-state index in [1.807, 2.05) is 19.9 Å². The maximum Gasteiger partial charge on any atom is 0.228 e. The molecule has 0 spiro atoms. The van der Waals surface area contributed by atoms with Crippen molar-refractivity contribution in [3.63, 3.8) is 0 Å². The SMILES string of the molecule is CC(C)C(=O)Nc1cc(CC[C@@H](O)CO)ccn1. The van der Waals surface area contributed by atoms with Gasteiger partial charge in [0, 0.05) is 12.1 Å². The number of aromatic nitrogens is 1. The van der Waals surface area contributed by atoms with Crippen molar-refractivity contribution in [2.24, 2.45) is 5.92 Å². The maximum absolute atomic E-state index is 11.5. The molecule has 0 fully saturated rings. The smallest absolute Gasteiger partial charge is 0.228 e. The average Bonchev–Trinajstić information content (AvgIpc) is 2.36. The van der Waals surface area contributed by atoms with Crippen molar-refractivity contribution in [2.75, 3.05) is 11.9 Å². The minimum absolute atomic E-state index is 0.0740. The summed E-state index contributed by atoms with van der Waals surface area (Å²) in [4.78, 5) is 15.6. The molecule has 0 aromatic carbocycles. The van der Waals surface area contributed by atoms with Gasteiger partial charge in [-0.25, -0.2) is 4.98 Å². The lowest BCUT2D eigenvalue weighted by Gasteiger charge is -2.09. The van der Waals surface area contributed by atoms with Gasteiger partial charge in [0.2, 0.25) is 5.91 Å². The molecule has 0 aliphatic heterocycles. The van der Waals surface area contributed by atoms with Gasteiger partial charge in [0.1, 0.15) is 5.82 Å². The molecule has 0 bridgehead atoms. The highest BCUT2D eigenvalue weighted by molar-refractivity contribution is 5.91. The molecule has 3 N–H and O–H groups in total. The van der Waals surface area contributed by atoms with Crippen molar-refractivity contribution in [1.82, 2.24) is 4.98 Å². The van der Waals surface area contributed by atoms with Gasteiger partial charge in [0.25, 0.3) is 0 Å². The Morgan fingerprint density at radius 2 is 2.22 bits per heavy atom. The van der Waals surface area contributed by atoms with E-state index in [1.54, 1.807) is 12.3 Å². The van der Waals surface area contributed by atoms with Crippen LogP contribution in [0.1, 0.15) is 25.8 Å². The summed E-state index contributed by atoms with van der Waals surface area (Å²) in [5.74, 6) is 0.353. The second-order valence-corrected chi connectivity index (χ2v) is 4.57. The molecule has 0 saturated heterocycles. The number of aliphatic hydroxyl groups excluding tert-OH is 2. The third kappa shape index (κ3) is 4.81. The van der Waals surface area contributed by atoms with E-state index >= 15 is 0 Å². The zero-order chi connectivity index (χ0) is 13.5. The van der Waals surface area contributed by atoms with Crippen molar-refractivity contribution >= 4 is 11.7 Å². The van der Waals surface area contributed by atoms with E-state index in [1.165, 1.54) is 0 Å². The Kier molecular flexibility index (Phi) is 5.74. The summed E-state index contributed by atoms with van der Waals surface area (Å²) in [6, 6.07) is 3.61. The molecule has 0 saturated carbocycles. The number of carbonyl (C=O) groups excluding carboxylic acids is 1. The summed E-state index contributed by atoms with van der Waals surface area (Å²) in [7, 11) is 0. The van der Waals surface area contributed by atoms with Crippen LogP contribution >= 0.6 is 0 Å². The van der Waals surface area contributed by atoms with E-state index in [4.69, 9.17) is 5.11 Å². The summed E-state index contributed by atoms with van der Waals surface area (Å²) < 4.78 is 0. The van der Waals surface area contributed by atoms with Crippen molar-refractivity contribution in [1.29, 1.82) is 0 Å². The van der Waals surface area contributed by atoms with Gasteiger partial charge < -0.3 is 15.5 Å². The molecular weight excluding hydrogens is 232 g/mol.